The Balaban J connectivity index is 1.12. The van der Waals surface area contributed by atoms with E-state index in [9.17, 15) is 0 Å². The van der Waals surface area contributed by atoms with Crippen molar-refractivity contribution in [3.63, 3.8) is 0 Å². The molecule has 1 saturated heterocycles. The van der Waals surface area contributed by atoms with Crippen molar-refractivity contribution in [1.29, 1.82) is 0 Å². The minimum atomic E-state index is 0.666. The Bertz CT molecular complexity index is 1490. The molecule has 37 heavy (non-hydrogen) atoms. The quantitative estimate of drug-likeness (QED) is 0.345. The van der Waals surface area contributed by atoms with Gasteiger partial charge in [-0.15, -0.1) is 0 Å². The number of rotatable bonds is 8. The summed E-state index contributed by atoms with van der Waals surface area (Å²) in [5.74, 6) is 1.62. The van der Waals surface area contributed by atoms with Crippen LogP contribution in [0.1, 0.15) is 0 Å². The average molecular weight is 496 g/mol. The summed E-state index contributed by atoms with van der Waals surface area (Å²) in [6.45, 7) is 5.13. The number of nitrogens with zero attached hydrogens (tertiary/aromatic N) is 6. The van der Waals surface area contributed by atoms with Crippen molar-refractivity contribution in [3.05, 3.63) is 79.4 Å². The van der Waals surface area contributed by atoms with Crippen LogP contribution in [0.3, 0.4) is 0 Å². The second-order valence-electron chi connectivity index (χ2n) is 9.05. The number of nitrogens with one attached hydrogen (secondary N) is 1. The highest BCUT2D eigenvalue weighted by Crippen LogP contribution is 2.26. The Morgan fingerprint density at radius 2 is 1.86 bits per heavy atom. The van der Waals surface area contributed by atoms with Gasteiger partial charge in [-0.25, -0.2) is 9.97 Å². The molecular formula is C28H29N7O2. The molecule has 9 heteroatoms. The number of aryl methyl sites for hydroxylation is 1. The van der Waals surface area contributed by atoms with Crippen LogP contribution in [0.15, 0.2) is 79.4 Å². The first-order valence-corrected chi connectivity index (χ1v) is 12.4. The maximum absolute atomic E-state index is 5.92. The summed E-state index contributed by atoms with van der Waals surface area (Å²) in [7, 11) is 1.91. The summed E-state index contributed by atoms with van der Waals surface area (Å²) in [5, 5.41) is 7.66. The monoisotopic (exact) mass is 495 g/mol. The van der Waals surface area contributed by atoms with E-state index in [4.69, 9.17) is 14.5 Å². The van der Waals surface area contributed by atoms with Gasteiger partial charge in [0.25, 0.3) is 0 Å². The molecule has 0 bridgehead atoms. The van der Waals surface area contributed by atoms with Gasteiger partial charge in [-0.05, 0) is 54.1 Å². The molecule has 0 unspecified atom stereocenters. The zero-order valence-corrected chi connectivity index (χ0v) is 20.7. The molecule has 4 aromatic heterocycles. The number of ether oxygens (including phenoxy) is 2. The van der Waals surface area contributed by atoms with Crippen molar-refractivity contribution in [2.75, 3.05) is 44.8 Å². The van der Waals surface area contributed by atoms with Gasteiger partial charge in [-0.2, -0.15) is 5.10 Å². The van der Waals surface area contributed by atoms with Crippen molar-refractivity contribution in [1.82, 2.24) is 29.0 Å². The van der Waals surface area contributed by atoms with Crippen molar-refractivity contribution in [3.8, 4) is 28.3 Å². The van der Waals surface area contributed by atoms with Crippen LogP contribution in [-0.4, -0.2) is 68.5 Å². The van der Waals surface area contributed by atoms with E-state index in [-0.39, 0.29) is 0 Å². The number of hydrogen-bond donors (Lipinski definition) is 1. The fourth-order valence-electron chi connectivity index (χ4n) is 4.47. The molecule has 0 spiro atoms. The summed E-state index contributed by atoms with van der Waals surface area (Å²) in [4.78, 5) is 11.8. The predicted molar refractivity (Wildman–Crippen MR) is 143 cm³/mol. The molecule has 0 saturated carbocycles. The molecule has 188 valence electrons. The molecule has 0 amide bonds. The van der Waals surface area contributed by atoms with Crippen molar-refractivity contribution in [2.24, 2.45) is 7.05 Å². The summed E-state index contributed by atoms with van der Waals surface area (Å²) in [5.41, 5.74) is 5.72. The van der Waals surface area contributed by atoms with E-state index in [1.54, 1.807) is 4.68 Å². The summed E-state index contributed by atoms with van der Waals surface area (Å²) >= 11 is 0. The molecule has 1 aliphatic rings. The molecule has 0 atom stereocenters. The molecule has 1 N–H and O–H groups in total. The van der Waals surface area contributed by atoms with E-state index in [1.807, 2.05) is 74.3 Å². The standard InChI is InChI=1S/C28H29N7O2/c1-33-20-22(18-30-33)21-9-10-35-26(19-29-28(35)17-21)25-3-2-4-27(32-25)31-23-5-7-24(8-6-23)37-16-13-34-11-14-36-15-12-34/h2-10,17-20H,11-16H2,1H3,(H,31,32). The van der Waals surface area contributed by atoms with Gasteiger partial charge in [-0.3, -0.25) is 14.0 Å². The van der Waals surface area contributed by atoms with Gasteiger partial charge in [0.15, 0.2) is 0 Å². The van der Waals surface area contributed by atoms with Crippen LogP contribution in [0.25, 0.3) is 28.2 Å². The lowest BCUT2D eigenvalue weighted by Gasteiger charge is -2.26. The largest absolute Gasteiger partial charge is 0.492 e. The minimum Gasteiger partial charge on any atom is -0.492 e. The number of morpholine rings is 1. The van der Waals surface area contributed by atoms with Gasteiger partial charge in [0.2, 0.25) is 0 Å². The van der Waals surface area contributed by atoms with Gasteiger partial charge >= 0.3 is 0 Å². The zero-order valence-electron chi connectivity index (χ0n) is 20.7. The van der Waals surface area contributed by atoms with Crippen LogP contribution in [0, 0.1) is 0 Å². The molecule has 5 heterocycles. The SMILES string of the molecule is Cn1cc(-c2ccn3c(-c4cccc(Nc5ccc(OCCN6CCOCC6)cc5)n4)cnc3c2)cn1. The lowest BCUT2D eigenvalue weighted by atomic mass is 10.1. The molecular weight excluding hydrogens is 466 g/mol. The van der Waals surface area contributed by atoms with Crippen LogP contribution in [-0.2, 0) is 11.8 Å². The number of fused-ring (bicyclic) bond motifs is 1. The van der Waals surface area contributed by atoms with Crippen LogP contribution in [0.4, 0.5) is 11.5 Å². The van der Waals surface area contributed by atoms with E-state index in [2.05, 4.69) is 36.8 Å². The Kier molecular flexibility index (Phi) is 6.53. The molecule has 0 radical (unpaired) electrons. The third kappa shape index (κ3) is 5.32. The maximum Gasteiger partial charge on any atom is 0.137 e. The third-order valence-corrected chi connectivity index (χ3v) is 6.47. The smallest absolute Gasteiger partial charge is 0.137 e. The van der Waals surface area contributed by atoms with Gasteiger partial charge in [0.05, 0.1) is 37.0 Å². The second-order valence-corrected chi connectivity index (χ2v) is 9.05. The van der Waals surface area contributed by atoms with Crippen molar-refractivity contribution in [2.45, 2.75) is 0 Å². The first kappa shape index (κ1) is 23.2. The molecule has 9 nitrogen and oxygen atoms in total. The highest BCUT2D eigenvalue weighted by Gasteiger charge is 2.11. The predicted octanol–water partition coefficient (Wildman–Crippen LogP) is 4.25. The Hall–Kier alpha value is -4.21. The lowest BCUT2D eigenvalue weighted by molar-refractivity contribution is 0.0322. The van der Waals surface area contributed by atoms with Crippen LogP contribution >= 0.6 is 0 Å². The number of benzene rings is 1. The zero-order chi connectivity index (χ0) is 25.0. The van der Waals surface area contributed by atoms with Crippen molar-refractivity contribution >= 4 is 17.2 Å². The Morgan fingerprint density at radius 3 is 2.68 bits per heavy atom. The highest BCUT2D eigenvalue weighted by atomic mass is 16.5. The molecule has 6 rings (SSSR count). The molecule has 0 aliphatic carbocycles. The fourth-order valence-corrected chi connectivity index (χ4v) is 4.47. The second kappa shape index (κ2) is 10.4. The van der Waals surface area contributed by atoms with Crippen LogP contribution in [0.5, 0.6) is 5.75 Å². The number of imidazole rings is 1. The molecule has 1 aliphatic heterocycles. The first-order valence-electron chi connectivity index (χ1n) is 12.4. The normalized spacial score (nSPS) is 14.2. The van der Waals surface area contributed by atoms with Crippen molar-refractivity contribution < 1.29 is 9.47 Å². The number of pyridine rings is 2. The van der Waals surface area contributed by atoms with Gasteiger partial charge in [0.1, 0.15) is 23.8 Å². The maximum atomic E-state index is 5.92. The number of hydrogen-bond acceptors (Lipinski definition) is 7. The van der Waals surface area contributed by atoms with Gasteiger partial charge in [-0.1, -0.05) is 6.07 Å². The Labute approximate surface area is 215 Å². The average Bonchev–Trinajstić information content (AvgIpc) is 3.56. The topological polar surface area (TPSA) is 81.7 Å². The van der Waals surface area contributed by atoms with E-state index in [0.717, 1.165) is 78.3 Å². The van der Waals surface area contributed by atoms with Crippen LogP contribution < -0.4 is 10.1 Å². The molecule has 5 aromatic rings. The summed E-state index contributed by atoms with van der Waals surface area (Å²) in [6.07, 6.45) is 7.74. The van der Waals surface area contributed by atoms with Crippen LogP contribution in [0.2, 0.25) is 0 Å². The number of aromatic nitrogens is 5. The van der Waals surface area contributed by atoms with Gasteiger partial charge < -0.3 is 14.8 Å². The lowest BCUT2D eigenvalue weighted by Crippen LogP contribution is -2.38. The molecule has 1 aromatic carbocycles. The summed E-state index contributed by atoms with van der Waals surface area (Å²) in [6, 6.07) is 18.1. The van der Waals surface area contributed by atoms with E-state index < -0.39 is 0 Å². The number of anilines is 2. The highest BCUT2D eigenvalue weighted by molar-refractivity contribution is 5.70. The fraction of sp³-hybridized carbons (Fsp3) is 0.250. The van der Waals surface area contributed by atoms with E-state index >= 15 is 0 Å². The van der Waals surface area contributed by atoms with Gasteiger partial charge in [0, 0.05) is 50.3 Å². The van der Waals surface area contributed by atoms with E-state index in [1.165, 1.54) is 0 Å². The summed E-state index contributed by atoms with van der Waals surface area (Å²) < 4.78 is 15.2. The minimum absolute atomic E-state index is 0.666. The Morgan fingerprint density at radius 1 is 1.00 bits per heavy atom. The molecule has 1 fully saturated rings. The third-order valence-electron chi connectivity index (χ3n) is 6.47. The first-order chi connectivity index (χ1) is 18.2. The van der Waals surface area contributed by atoms with E-state index in [0.29, 0.717) is 6.61 Å².